The number of carbonyl (C=O) groups is 1. The fourth-order valence-electron chi connectivity index (χ4n) is 5.54. The van der Waals surface area contributed by atoms with Crippen LogP contribution < -0.4 is 4.74 Å². The molecule has 6 rings (SSSR count). The molecule has 0 radical (unpaired) electrons. The van der Waals surface area contributed by atoms with E-state index in [1.165, 1.54) is 37.9 Å². The molecule has 3 aliphatic rings. The summed E-state index contributed by atoms with van der Waals surface area (Å²) in [5, 5.41) is 1.07. The Kier molecular flexibility index (Phi) is 6.63. The minimum Gasteiger partial charge on any atom is -0.497 e. The van der Waals surface area contributed by atoms with Crippen molar-refractivity contribution in [2.45, 2.75) is 42.8 Å². The lowest BCUT2D eigenvalue weighted by Crippen LogP contribution is -2.32. The van der Waals surface area contributed by atoms with Crippen molar-refractivity contribution >= 4 is 28.6 Å². The lowest BCUT2D eigenvalue weighted by atomic mass is 10.0. The van der Waals surface area contributed by atoms with Crippen molar-refractivity contribution in [1.82, 2.24) is 9.47 Å². The number of thioether (sulfide) groups is 1. The highest BCUT2D eigenvalue weighted by Gasteiger charge is 2.29. The van der Waals surface area contributed by atoms with Gasteiger partial charge in [-0.15, -0.1) is 11.8 Å². The Morgan fingerprint density at radius 3 is 2.69 bits per heavy atom. The summed E-state index contributed by atoms with van der Waals surface area (Å²) in [7, 11) is 1.68. The van der Waals surface area contributed by atoms with E-state index in [0.717, 1.165) is 62.9 Å². The molecule has 0 unspecified atom stereocenters. The zero-order valence-electron chi connectivity index (χ0n) is 20.8. The van der Waals surface area contributed by atoms with Gasteiger partial charge in [0.05, 0.1) is 24.1 Å². The van der Waals surface area contributed by atoms with Crippen LogP contribution in [0.5, 0.6) is 5.75 Å². The van der Waals surface area contributed by atoms with E-state index in [0.29, 0.717) is 13.0 Å². The summed E-state index contributed by atoms with van der Waals surface area (Å²) in [6.07, 6.45) is 9.35. The van der Waals surface area contributed by atoms with Gasteiger partial charge in [0.15, 0.2) is 0 Å². The van der Waals surface area contributed by atoms with E-state index >= 15 is 0 Å². The summed E-state index contributed by atoms with van der Waals surface area (Å²) in [6, 6.07) is 14.4. The van der Waals surface area contributed by atoms with Crippen LogP contribution in [0.25, 0.3) is 22.2 Å². The predicted octanol–water partition coefficient (Wildman–Crippen LogP) is 6.67. The van der Waals surface area contributed by atoms with E-state index in [9.17, 15) is 4.79 Å². The third-order valence-electron chi connectivity index (χ3n) is 7.51. The van der Waals surface area contributed by atoms with Crippen molar-refractivity contribution in [3.8, 4) is 17.0 Å². The average Bonchev–Trinajstić information content (AvgIpc) is 3.27. The van der Waals surface area contributed by atoms with E-state index in [1.54, 1.807) is 18.9 Å². The second-order valence-electron chi connectivity index (χ2n) is 9.72. The molecule has 1 aliphatic carbocycles. The van der Waals surface area contributed by atoms with Crippen molar-refractivity contribution in [3.63, 3.8) is 0 Å². The van der Waals surface area contributed by atoms with Gasteiger partial charge in [-0.25, -0.2) is 0 Å². The topological polar surface area (TPSA) is 43.7 Å². The van der Waals surface area contributed by atoms with Gasteiger partial charge in [0.25, 0.3) is 5.91 Å². The first-order chi connectivity index (χ1) is 17.7. The molecule has 0 spiro atoms. The number of benzene rings is 2. The Hall–Kier alpha value is -2.96. The highest BCUT2D eigenvalue weighted by Crippen LogP contribution is 2.48. The van der Waals surface area contributed by atoms with Gasteiger partial charge in [-0.2, -0.15) is 0 Å². The van der Waals surface area contributed by atoms with Crippen LogP contribution in [-0.4, -0.2) is 48.7 Å². The van der Waals surface area contributed by atoms with Crippen LogP contribution in [0.4, 0.5) is 0 Å². The normalized spacial score (nSPS) is 17.7. The number of allylic oxidation sites excluding steroid dienone is 4. The van der Waals surface area contributed by atoms with E-state index in [-0.39, 0.29) is 5.91 Å². The van der Waals surface area contributed by atoms with Gasteiger partial charge in [-0.3, -0.25) is 14.3 Å². The van der Waals surface area contributed by atoms with Crippen LogP contribution in [0.2, 0.25) is 0 Å². The molecule has 186 valence electrons. The highest BCUT2D eigenvalue weighted by molar-refractivity contribution is 7.99. The molecule has 2 aliphatic heterocycles. The molecule has 36 heavy (non-hydrogen) atoms. The van der Waals surface area contributed by atoms with Crippen molar-refractivity contribution < 1.29 is 14.3 Å². The minimum atomic E-state index is 0.0485. The SMILES string of the molecule is COc1ccc2c(c1)c1c(n2C(=O)C2=CC=C(OCCN3CCCCC3)CC2)-c2ccccc2CS1. The number of likely N-dealkylation sites (tertiary alicyclic amines) is 1. The number of rotatable bonds is 6. The maximum Gasteiger partial charge on any atom is 0.258 e. The fraction of sp³-hybridized carbons (Fsp3) is 0.367. The zero-order chi connectivity index (χ0) is 24.5. The summed E-state index contributed by atoms with van der Waals surface area (Å²) >= 11 is 1.80. The van der Waals surface area contributed by atoms with Crippen molar-refractivity contribution in [3.05, 3.63) is 71.5 Å². The van der Waals surface area contributed by atoms with Crippen LogP contribution in [0, 0.1) is 0 Å². The smallest absolute Gasteiger partial charge is 0.258 e. The van der Waals surface area contributed by atoms with Gasteiger partial charge in [0.1, 0.15) is 12.4 Å². The molecule has 3 heterocycles. The number of carbonyl (C=O) groups excluding carboxylic acids is 1. The maximum absolute atomic E-state index is 14.0. The van der Waals surface area contributed by atoms with Crippen LogP contribution in [-0.2, 0) is 10.5 Å². The van der Waals surface area contributed by atoms with E-state index in [1.807, 2.05) is 28.9 Å². The monoisotopic (exact) mass is 500 g/mol. The molecular weight excluding hydrogens is 468 g/mol. The second kappa shape index (κ2) is 10.2. The van der Waals surface area contributed by atoms with Crippen molar-refractivity contribution in [2.75, 3.05) is 33.4 Å². The summed E-state index contributed by atoms with van der Waals surface area (Å²) in [4.78, 5) is 17.7. The summed E-state index contributed by atoms with van der Waals surface area (Å²) in [6.45, 7) is 4.07. The third-order valence-corrected chi connectivity index (χ3v) is 8.66. The number of aromatic nitrogens is 1. The Bertz CT molecular complexity index is 1360. The van der Waals surface area contributed by atoms with Crippen molar-refractivity contribution in [2.24, 2.45) is 0 Å². The molecule has 0 atom stereocenters. The molecule has 0 bridgehead atoms. The third kappa shape index (κ3) is 4.37. The average molecular weight is 501 g/mol. The molecule has 1 fully saturated rings. The quantitative estimate of drug-likeness (QED) is 0.378. The highest BCUT2D eigenvalue weighted by atomic mass is 32.2. The molecular formula is C30H32N2O3S. The Morgan fingerprint density at radius 1 is 1.03 bits per heavy atom. The Morgan fingerprint density at radius 2 is 1.89 bits per heavy atom. The van der Waals surface area contributed by atoms with Crippen LogP contribution in [0.15, 0.2) is 70.8 Å². The van der Waals surface area contributed by atoms with Crippen LogP contribution in [0.1, 0.15) is 42.5 Å². The minimum absolute atomic E-state index is 0.0485. The number of ether oxygens (including phenoxy) is 2. The number of hydrogen-bond donors (Lipinski definition) is 0. The number of fused-ring (bicyclic) bond motifs is 5. The summed E-state index contributed by atoms with van der Waals surface area (Å²) < 4.78 is 13.5. The van der Waals surface area contributed by atoms with Gasteiger partial charge in [-0.05, 0) is 62.2 Å². The van der Waals surface area contributed by atoms with Crippen LogP contribution >= 0.6 is 11.8 Å². The first-order valence-corrected chi connectivity index (χ1v) is 13.9. The second-order valence-corrected chi connectivity index (χ2v) is 10.7. The predicted molar refractivity (Wildman–Crippen MR) is 146 cm³/mol. The largest absolute Gasteiger partial charge is 0.497 e. The Labute approximate surface area is 216 Å². The lowest BCUT2D eigenvalue weighted by Gasteiger charge is -2.26. The van der Waals surface area contributed by atoms with Gasteiger partial charge in [-0.1, -0.05) is 36.8 Å². The summed E-state index contributed by atoms with van der Waals surface area (Å²) in [5.41, 5.74) is 5.16. The standard InChI is InChI=1S/C30H32N2O3S/c1-34-24-13-14-27-26(19-24)29-28(25-8-4-3-7-22(25)20-36-29)32(27)30(33)21-9-11-23(12-10-21)35-18-17-31-15-5-2-6-16-31/h3-4,7-9,11,13-14,19H,2,5-6,10,12,15-18,20H2,1H3. The van der Waals surface area contributed by atoms with Gasteiger partial charge in [0, 0.05) is 40.1 Å². The zero-order valence-corrected chi connectivity index (χ0v) is 21.6. The number of nitrogens with zero attached hydrogens (tertiary/aromatic N) is 2. The molecule has 2 aromatic carbocycles. The van der Waals surface area contributed by atoms with Gasteiger partial charge < -0.3 is 9.47 Å². The van der Waals surface area contributed by atoms with Crippen LogP contribution in [0.3, 0.4) is 0 Å². The van der Waals surface area contributed by atoms with Crippen molar-refractivity contribution in [1.29, 1.82) is 0 Å². The molecule has 6 heteroatoms. The first kappa shape index (κ1) is 23.4. The number of piperidine rings is 1. The molecule has 1 aromatic heterocycles. The lowest BCUT2D eigenvalue weighted by molar-refractivity contribution is 0.0954. The molecule has 0 N–H and O–H groups in total. The molecule has 0 saturated carbocycles. The van der Waals surface area contributed by atoms with Gasteiger partial charge >= 0.3 is 0 Å². The first-order valence-electron chi connectivity index (χ1n) is 13.0. The fourth-order valence-corrected chi connectivity index (χ4v) is 6.75. The van der Waals surface area contributed by atoms with E-state index in [4.69, 9.17) is 9.47 Å². The summed E-state index contributed by atoms with van der Waals surface area (Å²) in [5.74, 6) is 2.73. The molecule has 5 nitrogen and oxygen atoms in total. The van der Waals surface area contributed by atoms with E-state index < -0.39 is 0 Å². The number of methoxy groups -OCH3 is 1. The molecule has 0 amide bonds. The molecule has 1 saturated heterocycles. The van der Waals surface area contributed by atoms with E-state index in [2.05, 4.69) is 35.2 Å². The molecule has 3 aromatic rings. The number of hydrogen-bond acceptors (Lipinski definition) is 5. The Balaban J connectivity index is 1.30. The van der Waals surface area contributed by atoms with Gasteiger partial charge in [0.2, 0.25) is 0 Å². The maximum atomic E-state index is 14.0.